The summed E-state index contributed by atoms with van der Waals surface area (Å²) in [5.41, 5.74) is 8.51. The summed E-state index contributed by atoms with van der Waals surface area (Å²) in [6.45, 7) is 0. The van der Waals surface area contributed by atoms with E-state index in [1.807, 2.05) is 78.9 Å². The van der Waals surface area contributed by atoms with Crippen LogP contribution in [0.2, 0.25) is 0 Å². The Morgan fingerprint density at radius 1 is 0.794 bits per heavy atom. The average molecular weight is 447 g/mol. The molecular formula is C28H22N4O2. The minimum Gasteiger partial charge on any atom is -0.457 e. The fourth-order valence-electron chi connectivity index (χ4n) is 3.22. The van der Waals surface area contributed by atoms with E-state index >= 15 is 0 Å². The van der Waals surface area contributed by atoms with Gasteiger partial charge in [-0.1, -0.05) is 36.4 Å². The monoisotopic (exact) mass is 446 g/mol. The molecule has 34 heavy (non-hydrogen) atoms. The van der Waals surface area contributed by atoms with Gasteiger partial charge in [0.1, 0.15) is 23.1 Å². The van der Waals surface area contributed by atoms with Crippen LogP contribution >= 0.6 is 0 Å². The summed E-state index contributed by atoms with van der Waals surface area (Å²) >= 11 is 0. The molecule has 0 aliphatic rings. The first kappa shape index (κ1) is 22.2. The molecule has 4 aromatic rings. The number of carbonyl (C=O) groups excluding carboxylic acids is 1. The van der Waals surface area contributed by atoms with Crippen molar-refractivity contribution in [2.45, 2.75) is 0 Å². The van der Waals surface area contributed by atoms with E-state index in [9.17, 15) is 10.1 Å². The van der Waals surface area contributed by atoms with Crippen molar-refractivity contribution in [3.05, 3.63) is 121 Å². The number of anilines is 4. The Morgan fingerprint density at radius 3 is 1.97 bits per heavy atom. The Hall–Kier alpha value is -5.02. The second kappa shape index (κ2) is 10.5. The second-order valence-corrected chi connectivity index (χ2v) is 7.35. The Kier molecular flexibility index (Phi) is 6.87. The van der Waals surface area contributed by atoms with Crippen molar-refractivity contribution >= 4 is 28.7 Å². The summed E-state index contributed by atoms with van der Waals surface area (Å²) in [5, 5.41) is 12.5. The zero-order valence-electron chi connectivity index (χ0n) is 18.3. The van der Waals surface area contributed by atoms with Gasteiger partial charge in [-0.25, -0.2) is 0 Å². The number of nitrogens with one attached hydrogen (secondary N) is 1. The number of rotatable bonds is 7. The molecular weight excluding hydrogens is 424 g/mol. The van der Waals surface area contributed by atoms with Gasteiger partial charge in [-0.2, -0.15) is 5.26 Å². The minimum atomic E-state index is -0.518. The topological polar surface area (TPSA) is 91.4 Å². The van der Waals surface area contributed by atoms with Crippen LogP contribution in [0.4, 0.5) is 22.7 Å². The van der Waals surface area contributed by atoms with E-state index in [1.165, 1.54) is 6.20 Å². The van der Waals surface area contributed by atoms with Crippen LogP contribution in [0.3, 0.4) is 0 Å². The van der Waals surface area contributed by atoms with Crippen LogP contribution in [-0.2, 0) is 4.79 Å². The van der Waals surface area contributed by atoms with Crippen molar-refractivity contribution in [3.8, 4) is 17.6 Å². The molecule has 0 saturated carbocycles. The van der Waals surface area contributed by atoms with Crippen molar-refractivity contribution in [1.82, 2.24) is 0 Å². The van der Waals surface area contributed by atoms with E-state index in [2.05, 4.69) is 5.32 Å². The summed E-state index contributed by atoms with van der Waals surface area (Å²) < 4.78 is 5.77. The Bertz CT molecular complexity index is 1310. The van der Waals surface area contributed by atoms with Gasteiger partial charge in [0.25, 0.3) is 5.91 Å². The molecule has 1 amide bonds. The third-order valence-electron chi connectivity index (χ3n) is 4.92. The number of nitrogen functional groups attached to an aromatic ring is 1. The van der Waals surface area contributed by atoms with Gasteiger partial charge in [-0.3, -0.25) is 4.79 Å². The van der Waals surface area contributed by atoms with Gasteiger partial charge in [-0.05, 0) is 72.8 Å². The lowest BCUT2D eigenvalue weighted by molar-refractivity contribution is -0.112. The van der Waals surface area contributed by atoms with Crippen LogP contribution in [0.1, 0.15) is 0 Å². The van der Waals surface area contributed by atoms with Crippen LogP contribution in [0.25, 0.3) is 0 Å². The smallest absolute Gasteiger partial charge is 0.267 e. The lowest BCUT2D eigenvalue weighted by atomic mass is 10.2. The quantitative estimate of drug-likeness (QED) is 0.199. The average Bonchev–Trinajstić information content (AvgIpc) is 2.88. The minimum absolute atomic E-state index is 0.0507. The van der Waals surface area contributed by atoms with Crippen molar-refractivity contribution in [2.75, 3.05) is 16.0 Å². The highest BCUT2D eigenvalue weighted by Crippen LogP contribution is 2.28. The number of amides is 1. The van der Waals surface area contributed by atoms with E-state index in [1.54, 1.807) is 41.3 Å². The zero-order valence-corrected chi connectivity index (χ0v) is 18.3. The molecule has 6 heteroatoms. The molecule has 4 aromatic carbocycles. The summed E-state index contributed by atoms with van der Waals surface area (Å²) in [6.07, 6.45) is 1.52. The molecule has 0 aromatic heterocycles. The van der Waals surface area contributed by atoms with Crippen LogP contribution in [0.5, 0.6) is 11.5 Å². The molecule has 0 aliphatic heterocycles. The van der Waals surface area contributed by atoms with Gasteiger partial charge in [0.05, 0.1) is 0 Å². The number of carbonyl (C=O) groups is 1. The number of nitrogens with two attached hydrogens (primary N) is 1. The van der Waals surface area contributed by atoms with Gasteiger partial charge < -0.3 is 20.7 Å². The van der Waals surface area contributed by atoms with Crippen LogP contribution in [0, 0.1) is 11.3 Å². The number of hydrogen-bond acceptors (Lipinski definition) is 5. The lowest BCUT2D eigenvalue weighted by Crippen LogP contribution is -2.17. The molecule has 6 nitrogen and oxygen atoms in total. The van der Waals surface area contributed by atoms with E-state index in [-0.39, 0.29) is 5.57 Å². The molecule has 0 saturated heterocycles. The van der Waals surface area contributed by atoms with Gasteiger partial charge in [0.15, 0.2) is 0 Å². The Balaban J connectivity index is 1.54. The highest BCUT2D eigenvalue weighted by Gasteiger charge is 2.14. The van der Waals surface area contributed by atoms with Crippen molar-refractivity contribution < 1.29 is 9.53 Å². The first-order valence-electron chi connectivity index (χ1n) is 10.6. The van der Waals surface area contributed by atoms with Gasteiger partial charge >= 0.3 is 0 Å². The third kappa shape index (κ3) is 5.61. The number of nitriles is 1. The molecule has 4 rings (SSSR count). The number of nitrogens with zero attached hydrogens (tertiary/aromatic N) is 2. The fraction of sp³-hybridized carbons (Fsp3) is 0. The van der Waals surface area contributed by atoms with E-state index in [0.29, 0.717) is 17.1 Å². The molecule has 3 N–H and O–H groups in total. The fourth-order valence-corrected chi connectivity index (χ4v) is 3.22. The number of benzene rings is 4. The second-order valence-electron chi connectivity index (χ2n) is 7.35. The molecule has 0 aliphatic carbocycles. The van der Waals surface area contributed by atoms with Gasteiger partial charge in [-0.15, -0.1) is 0 Å². The highest BCUT2D eigenvalue weighted by atomic mass is 16.5. The molecule has 0 spiro atoms. The van der Waals surface area contributed by atoms with Crippen LogP contribution in [0.15, 0.2) is 121 Å². The lowest BCUT2D eigenvalue weighted by Gasteiger charge is -2.21. The van der Waals surface area contributed by atoms with Crippen LogP contribution < -0.4 is 20.7 Å². The molecule has 0 fully saturated rings. The first-order chi connectivity index (χ1) is 16.6. The number of para-hydroxylation sites is 2. The Morgan fingerprint density at radius 2 is 1.35 bits per heavy atom. The SMILES string of the molecule is N#C/C(=C/N(c1ccccc1)c1ccc(N)cc1)C(=O)Nc1ccc(Oc2ccccc2)cc1. The maximum Gasteiger partial charge on any atom is 0.267 e. The first-order valence-corrected chi connectivity index (χ1v) is 10.6. The zero-order chi connectivity index (χ0) is 23.8. The highest BCUT2D eigenvalue weighted by molar-refractivity contribution is 6.07. The molecule has 166 valence electrons. The molecule has 0 bridgehead atoms. The summed E-state index contributed by atoms with van der Waals surface area (Å²) in [5.74, 6) is 0.840. The van der Waals surface area contributed by atoms with Crippen molar-refractivity contribution in [3.63, 3.8) is 0 Å². The van der Waals surface area contributed by atoms with Crippen molar-refractivity contribution in [1.29, 1.82) is 5.26 Å². The third-order valence-corrected chi connectivity index (χ3v) is 4.92. The van der Waals surface area contributed by atoms with E-state index < -0.39 is 5.91 Å². The van der Waals surface area contributed by atoms with Crippen LogP contribution in [-0.4, -0.2) is 5.91 Å². The summed E-state index contributed by atoms with van der Waals surface area (Å²) in [6, 6.07) is 35.0. The maximum absolute atomic E-state index is 12.9. The predicted octanol–water partition coefficient (Wildman–Crippen LogP) is 6.25. The summed E-state index contributed by atoms with van der Waals surface area (Å²) in [4.78, 5) is 14.7. The largest absolute Gasteiger partial charge is 0.457 e. The molecule has 0 atom stereocenters. The van der Waals surface area contributed by atoms with Crippen molar-refractivity contribution in [2.24, 2.45) is 0 Å². The summed E-state index contributed by atoms with van der Waals surface area (Å²) in [7, 11) is 0. The molecule has 0 radical (unpaired) electrons. The maximum atomic E-state index is 12.9. The predicted molar refractivity (Wildman–Crippen MR) is 135 cm³/mol. The number of hydrogen-bond donors (Lipinski definition) is 2. The van der Waals surface area contributed by atoms with Gasteiger partial charge in [0.2, 0.25) is 0 Å². The number of ether oxygens (including phenoxy) is 1. The van der Waals surface area contributed by atoms with Gasteiger partial charge in [0, 0.05) is 28.9 Å². The normalized spacial score (nSPS) is 10.7. The Labute approximate surface area is 198 Å². The molecule has 0 unspecified atom stereocenters. The molecule has 0 heterocycles. The standard InChI is InChI=1S/C28H22N4O2/c29-19-21(20-32(24-7-3-1-4-8-24)25-15-11-22(30)12-16-25)28(33)31-23-13-17-27(18-14-23)34-26-9-5-2-6-10-26/h1-18,20H,30H2,(H,31,33)/b21-20-. The van der Waals surface area contributed by atoms with E-state index in [0.717, 1.165) is 17.1 Å². The van der Waals surface area contributed by atoms with E-state index in [4.69, 9.17) is 10.5 Å².